The molecule has 0 radical (unpaired) electrons. The van der Waals surface area contributed by atoms with E-state index in [0.29, 0.717) is 25.8 Å². The highest BCUT2D eigenvalue weighted by molar-refractivity contribution is 7.51. The molecule has 1 heterocycles. The topological polar surface area (TPSA) is 116 Å². The molecule has 2 unspecified atom stereocenters. The van der Waals surface area contributed by atoms with Crippen molar-refractivity contribution in [3.05, 3.63) is 0 Å². The average molecular weight is 267 g/mol. The molecule has 8 heteroatoms. The van der Waals surface area contributed by atoms with Gasteiger partial charge >= 0.3 is 13.8 Å². The molecule has 0 bridgehead atoms. The zero-order valence-electron chi connectivity index (χ0n) is 9.41. The fraction of sp³-hybridized carbons (Fsp3) is 0.889. The molecule has 17 heavy (non-hydrogen) atoms. The van der Waals surface area contributed by atoms with E-state index >= 15 is 0 Å². The minimum Gasteiger partial charge on any atom is -0.450 e. The second kappa shape index (κ2) is 6.35. The van der Waals surface area contributed by atoms with Crippen molar-refractivity contribution < 1.29 is 29.0 Å². The van der Waals surface area contributed by atoms with Gasteiger partial charge in [-0.2, -0.15) is 0 Å². The number of hydrogen-bond acceptors (Lipinski definition) is 4. The predicted molar refractivity (Wildman–Crippen MR) is 59.8 cm³/mol. The molecule has 0 aromatic carbocycles. The van der Waals surface area contributed by atoms with E-state index in [1.165, 1.54) is 0 Å². The van der Waals surface area contributed by atoms with E-state index in [-0.39, 0.29) is 12.1 Å². The first-order chi connectivity index (χ1) is 7.87. The molecule has 0 aliphatic carbocycles. The molecule has 100 valence electrons. The summed E-state index contributed by atoms with van der Waals surface area (Å²) in [7, 11) is -3.91. The molecule has 1 aliphatic rings. The number of piperidine rings is 1. The van der Waals surface area contributed by atoms with Crippen LogP contribution in [0.15, 0.2) is 0 Å². The van der Waals surface area contributed by atoms with Crippen molar-refractivity contribution in [3.8, 4) is 0 Å². The van der Waals surface area contributed by atoms with E-state index in [2.05, 4.69) is 10.1 Å². The molecule has 0 aromatic rings. The summed E-state index contributed by atoms with van der Waals surface area (Å²) < 4.78 is 15.3. The van der Waals surface area contributed by atoms with E-state index in [4.69, 9.17) is 14.9 Å². The Labute approximate surface area is 99.3 Å². The van der Waals surface area contributed by atoms with E-state index in [0.717, 1.165) is 6.42 Å². The summed E-state index contributed by atoms with van der Waals surface area (Å²) in [5.41, 5.74) is 0. The van der Waals surface area contributed by atoms with E-state index in [1.807, 2.05) is 0 Å². The predicted octanol–water partition coefficient (Wildman–Crippen LogP) is 0.965. The lowest BCUT2D eigenvalue weighted by atomic mass is 9.92. The molecule has 1 saturated heterocycles. The first-order valence-corrected chi connectivity index (χ1v) is 7.34. The lowest BCUT2D eigenvalue weighted by molar-refractivity contribution is 0.0123. The van der Waals surface area contributed by atoms with Gasteiger partial charge in [0.1, 0.15) is 0 Å². The summed E-state index contributed by atoms with van der Waals surface area (Å²) in [4.78, 5) is 27.8. The summed E-state index contributed by atoms with van der Waals surface area (Å²) >= 11 is 0. The lowest BCUT2D eigenvalue weighted by Crippen LogP contribution is -2.41. The minimum atomic E-state index is -3.91. The van der Waals surface area contributed by atoms with E-state index < -0.39 is 20.0 Å². The first kappa shape index (κ1) is 14.4. The summed E-state index contributed by atoms with van der Waals surface area (Å²) in [5, 5.41) is 11.4. The number of carboxylic acid groups (broad SMARTS) is 1. The summed E-state index contributed by atoms with van der Waals surface area (Å²) in [6.45, 7) is 0.665. The highest BCUT2D eigenvalue weighted by Crippen LogP contribution is 2.36. The van der Waals surface area contributed by atoms with Gasteiger partial charge in [0.05, 0.1) is 0 Å². The second-order valence-corrected chi connectivity index (χ2v) is 6.02. The normalized spacial score (nSPS) is 25.5. The number of rotatable bonds is 5. The molecule has 0 aromatic heterocycles. The molecule has 0 spiro atoms. The van der Waals surface area contributed by atoms with Crippen LogP contribution in [0.3, 0.4) is 0 Å². The third-order valence-electron chi connectivity index (χ3n) is 2.78. The molecule has 7 nitrogen and oxygen atoms in total. The van der Waals surface area contributed by atoms with Crippen molar-refractivity contribution >= 4 is 13.8 Å². The van der Waals surface area contributed by atoms with Gasteiger partial charge in [-0.25, -0.2) is 4.79 Å². The van der Waals surface area contributed by atoms with E-state index in [9.17, 15) is 9.36 Å². The zero-order chi connectivity index (χ0) is 12.9. The molecule has 1 aliphatic heterocycles. The highest BCUT2D eigenvalue weighted by atomic mass is 31.2. The van der Waals surface area contributed by atoms with Gasteiger partial charge in [0.2, 0.25) is 0 Å². The molecule has 1 fully saturated rings. The number of nitrogens with one attached hydrogen (secondary N) is 1. The van der Waals surface area contributed by atoms with Crippen LogP contribution in [0.2, 0.25) is 0 Å². The third kappa shape index (κ3) is 6.63. The van der Waals surface area contributed by atoms with Gasteiger partial charge < -0.3 is 19.6 Å². The van der Waals surface area contributed by atoms with Crippen molar-refractivity contribution in [3.63, 3.8) is 0 Å². The maximum Gasteiger partial charge on any atom is 0.507 e. The Hall–Kier alpha value is -0.620. The molecule has 0 amide bonds. The fourth-order valence-electron chi connectivity index (χ4n) is 2.01. The third-order valence-corrected chi connectivity index (χ3v) is 3.68. The van der Waals surface area contributed by atoms with Crippen LogP contribution in [0.25, 0.3) is 0 Å². The van der Waals surface area contributed by atoms with Crippen molar-refractivity contribution in [2.45, 2.75) is 31.9 Å². The monoisotopic (exact) mass is 267 g/mol. The summed E-state index contributed by atoms with van der Waals surface area (Å²) in [6.07, 6.45) is 0.663. The van der Waals surface area contributed by atoms with Crippen LogP contribution in [0.4, 0.5) is 4.79 Å². The Morgan fingerprint density at radius 1 is 1.47 bits per heavy atom. The van der Waals surface area contributed by atoms with Crippen LogP contribution < -0.4 is 5.32 Å². The van der Waals surface area contributed by atoms with Gasteiger partial charge in [-0.05, 0) is 31.7 Å². The molecule has 2 atom stereocenters. The molecular formula is C9H18NO6P. The van der Waals surface area contributed by atoms with Crippen LogP contribution >= 0.6 is 7.60 Å². The maximum atomic E-state index is 10.7. The summed E-state index contributed by atoms with van der Waals surface area (Å²) in [6, 6.07) is 0. The maximum absolute atomic E-state index is 10.7. The quantitative estimate of drug-likeness (QED) is 0.433. The van der Waals surface area contributed by atoms with Gasteiger partial charge in [-0.15, -0.1) is 0 Å². The number of ether oxygens (including phenoxy) is 1. The Bertz CT molecular complexity index is 304. The standard InChI is InChI=1S/C9H18NO6P/c11-9(12)16-8-6-7(3-4-10-8)2-1-5-17(13,14)15/h7-8,10H,1-6H2,(H,11,12)(H2,13,14,15). The van der Waals surface area contributed by atoms with Crippen LogP contribution in [-0.4, -0.2) is 40.0 Å². The van der Waals surface area contributed by atoms with Crippen LogP contribution in [-0.2, 0) is 9.30 Å². The molecule has 0 saturated carbocycles. The fourth-order valence-corrected chi connectivity index (χ4v) is 2.61. The molecule has 1 rings (SSSR count). The molecule has 4 N–H and O–H groups in total. The minimum absolute atomic E-state index is 0.110. The van der Waals surface area contributed by atoms with Gasteiger partial charge in [0.15, 0.2) is 6.23 Å². The zero-order valence-corrected chi connectivity index (χ0v) is 10.3. The Balaban J connectivity index is 2.25. The number of hydrogen-bond donors (Lipinski definition) is 4. The second-order valence-electron chi connectivity index (χ2n) is 4.25. The Morgan fingerprint density at radius 2 is 2.18 bits per heavy atom. The highest BCUT2D eigenvalue weighted by Gasteiger charge is 2.24. The molecular weight excluding hydrogens is 249 g/mol. The van der Waals surface area contributed by atoms with Crippen LogP contribution in [0.1, 0.15) is 25.7 Å². The van der Waals surface area contributed by atoms with Crippen molar-refractivity contribution in [2.75, 3.05) is 12.7 Å². The van der Waals surface area contributed by atoms with Crippen LogP contribution in [0.5, 0.6) is 0 Å². The van der Waals surface area contributed by atoms with Gasteiger partial charge in [-0.3, -0.25) is 9.88 Å². The summed E-state index contributed by atoms with van der Waals surface area (Å²) in [5.74, 6) is 0.257. The number of carbonyl (C=O) groups is 1. The van der Waals surface area contributed by atoms with Crippen molar-refractivity contribution in [2.24, 2.45) is 5.92 Å². The lowest BCUT2D eigenvalue weighted by Gasteiger charge is -2.29. The van der Waals surface area contributed by atoms with Gasteiger partial charge in [0, 0.05) is 12.6 Å². The largest absolute Gasteiger partial charge is 0.507 e. The smallest absolute Gasteiger partial charge is 0.450 e. The van der Waals surface area contributed by atoms with Crippen LogP contribution in [0, 0.1) is 5.92 Å². The van der Waals surface area contributed by atoms with E-state index in [1.54, 1.807) is 0 Å². The average Bonchev–Trinajstić information content (AvgIpc) is 2.15. The Morgan fingerprint density at radius 3 is 2.76 bits per heavy atom. The van der Waals surface area contributed by atoms with Crippen molar-refractivity contribution in [1.82, 2.24) is 5.32 Å². The SMILES string of the molecule is O=C(O)OC1CC(CCCP(=O)(O)O)CCN1. The van der Waals surface area contributed by atoms with Crippen molar-refractivity contribution in [1.29, 1.82) is 0 Å². The van der Waals surface area contributed by atoms with Gasteiger partial charge in [-0.1, -0.05) is 0 Å². The Kier molecular flexibility index (Phi) is 5.39. The first-order valence-electron chi connectivity index (χ1n) is 5.54. The van der Waals surface area contributed by atoms with Gasteiger partial charge in [0.25, 0.3) is 0 Å².